The smallest absolute Gasteiger partial charge is 0.331 e. The maximum absolute atomic E-state index is 12.6. The van der Waals surface area contributed by atoms with Crippen molar-refractivity contribution in [2.75, 3.05) is 0 Å². The fourth-order valence-corrected chi connectivity index (χ4v) is 3.37. The number of phenolic OH excluding ortho intramolecular Hbond substituents is 1. The minimum Gasteiger partial charge on any atom is -0.508 e. The van der Waals surface area contributed by atoms with Crippen LogP contribution in [0.15, 0.2) is 70.5 Å². The summed E-state index contributed by atoms with van der Waals surface area (Å²) < 4.78 is 1.68. The monoisotopic (exact) mass is 327 g/mol. The van der Waals surface area contributed by atoms with Gasteiger partial charge in [-0.2, -0.15) is 0 Å². The Hall–Kier alpha value is -3.60. The van der Waals surface area contributed by atoms with Gasteiger partial charge in [-0.3, -0.25) is 9.56 Å². The highest BCUT2D eigenvalue weighted by molar-refractivity contribution is 6.02. The van der Waals surface area contributed by atoms with Crippen molar-refractivity contribution >= 4 is 22.9 Å². The molecule has 0 aliphatic carbocycles. The van der Waals surface area contributed by atoms with Crippen LogP contribution in [0.5, 0.6) is 5.75 Å². The molecule has 0 spiro atoms. The third-order valence-corrected chi connectivity index (χ3v) is 4.50. The van der Waals surface area contributed by atoms with E-state index < -0.39 is 0 Å². The summed E-state index contributed by atoms with van der Waals surface area (Å²) in [4.78, 5) is 20.2. The Labute approximate surface area is 142 Å². The largest absolute Gasteiger partial charge is 0.508 e. The minimum atomic E-state index is -0.183. The molecule has 1 aliphatic rings. The fourth-order valence-electron chi connectivity index (χ4n) is 3.37. The molecule has 5 heteroatoms. The molecule has 1 aromatic heterocycles. The number of hydrogen-bond acceptors (Lipinski definition) is 3. The molecule has 0 saturated carbocycles. The molecule has 0 radical (unpaired) electrons. The highest BCUT2D eigenvalue weighted by Gasteiger charge is 2.19. The molecule has 2 heterocycles. The molecule has 0 fully saturated rings. The molecule has 0 saturated heterocycles. The number of rotatable bonds is 1. The molecular formula is C20H13N3O2. The van der Waals surface area contributed by atoms with Gasteiger partial charge in [0.15, 0.2) is 0 Å². The van der Waals surface area contributed by atoms with E-state index in [1.54, 1.807) is 22.9 Å². The van der Waals surface area contributed by atoms with E-state index in [0.29, 0.717) is 0 Å². The van der Waals surface area contributed by atoms with E-state index in [0.717, 1.165) is 39.1 Å². The van der Waals surface area contributed by atoms with Crippen LogP contribution in [0, 0.1) is 0 Å². The third-order valence-electron chi connectivity index (χ3n) is 4.50. The van der Waals surface area contributed by atoms with Crippen LogP contribution < -0.4 is 5.69 Å². The van der Waals surface area contributed by atoms with Crippen LogP contribution in [0.2, 0.25) is 0 Å². The number of nitrogens with one attached hydrogen (secondary N) is 1. The summed E-state index contributed by atoms with van der Waals surface area (Å²) in [7, 11) is 0. The Morgan fingerprint density at radius 2 is 1.76 bits per heavy atom. The Bertz CT molecular complexity index is 1210. The van der Waals surface area contributed by atoms with Crippen LogP contribution in [0.1, 0.15) is 5.56 Å². The number of nitrogens with zero attached hydrogens (tertiary/aromatic N) is 2. The van der Waals surface area contributed by atoms with Crippen LogP contribution >= 0.6 is 0 Å². The van der Waals surface area contributed by atoms with E-state index in [9.17, 15) is 9.90 Å². The maximum atomic E-state index is 12.6. The molecule has 5 rings (SSSR count). The second kappa shape index (κ2) is 4.95. The number of para-hydroxylation sites is 2. The number of imidazole rings is 1. The van der Waals surface area contributed by atoms with Gasteiger partial charge >= 0.3 is 5.69 Å². The Morgan fingerprint density at radius 3 is 2.60 bits per heavy atom. The lowest BCUT2D eigenvalue weighted by Crippen LogP contribution is -2.14. The molecule has 4 aromatic rings. The second-order valence-electron chi connectivity index (χ2n) is 5.99. The van der Waals surface area contributed by atoms with Gasteiger partial charge in [-0.25, -0.2) is 4.79 Å². The number of H-pyrrole nitrogens is 1. The van der Waals surface area contributed by atoms with Gasteiger partial charge in [-0.15, -0.1) is 0 Å². The Balaban J connectivity index is 1.87. The van der Waals surface area contributed by atoms with Crippen molar-refractivity contribution < 1.29 is 5.11 Å². The molecule has 120 valence electrons. The molecule has 2 N–H and O–H groups in total. The number of aromatic hydroxyl groups is 1. The molecule has 1 aliphatic heterocycles. The van der Waals surface area contributed by atoms with Gasteiger partial charge in [0, 0.05) is 17.3 Å². The molecule has 5 nitrogen and oxygen atoms in total. The zero-order chi connectivity index (χ0) is 17.0. The van der Waals surface area contributed by atoms with Crippen molar-refractivity contribution in [3.05, 3.63) is 76.7 Å². The van der Waals surface area contributed by atoms with Crippen molar-refractivity contribution in [2.24, 2.45) is 4.99 Å². The SMILES string of the molecule is O=c1[nH]c2cccc3c2n1-c1cccc(-c2ccc(O)cc2)c1N=C3. The number of phenols is 1. The summed E-state index contributed by atoms with van der Waals surface area (Å²) in [5.41, 5.74) is 5.63. The lowest BCUT2D eigenvalue weighted by Gasteiger charge is -2.11. The molecule has 0 bridgehead atoms. The number of fused-ring (bicyclic) bond motifs is 2. The number of aromatic amines is 1. The van der Waals surface area contributed by atoms with E-state index in [2.05, 4.69) is 9.98 Å². The van der Waals surface area contributed by atoms with Crippen molar-refractivity contribution in [1.82, 2.24) is 9.55 Å². The minimum absolute atomic E-state index is 0.183. The van der Waals surface area contributed by atoms with Gasteiger partial charge in [0.05, 0.1) is 22.4 Å². The average molecular weight is 327 g/mol. The predicted octanol–water partition coefficient (Wildman–Crippen LogP) is 3.76. The zero-order valence-corrected chi connectivity index (χ0v) is 13.1. The molecular weight excluding hydrogens is 314 g/mol. The molecule has 3 aromatic carbocycles. The average Bonchev–Trinajstić information content (AvgIpc) is 2.85. The summed E-state index contributed by atoms with van der Waals surface area (Å²) in [5.74, 6) is 0.213. The van der Waals surface area contributed by atoms with Gasteiger partial charge in [-0.1, -0.05) is 36.4 Å². The highest BCUT2D eigenvalue weighted by Crippen LogP contribution is 2.38. The number of benzene rings is 3. The fraction of sp³-hybridized carbons (Fsp3) is 0. The Morgan fingerprint density at radius 1 is 0.960 bits per heavy atom. The quantitative estimate of drug-likeness (QED) is 0.492. The summed E-state index contributed by atoms with van der Waals surface area (Å²) in [6.07, 6.45) is 1.79. The summed E-state index contributed by atoms with van der Waals surface area (Å²) >= 11 is 0. The van der Waals surface area contributed by atoms with Crippen LogP contribution in [0.4, 0.5) is 5.69 Å². The molecule has 25 heavy (non-hydrogen) atoms. The van der Waals surface area contributed by atoms with E-state index in [4.69, 9.17) is 0 Å². The van der Waals surface area contributed by atoms with Crippen LogP contribution in [-0.4, -0.2) is 20.9 Å². The van der Waals surface area contributed by atoms with Crippen molar-refractivity contribution in [3.8, 4) is 22.6 Å². The standard InChI is InChI=1S/C20H13N3O2/c24-14-9-7-12(8-10-14)15-4-2-6-17-18(15)21-11-13-3-1-5-16-19(13)23(17)20(25)22-16/h1-11,24H,(H,22,25). The maximum Gasteiger partial charge on any atom is 0.331 e. The Kier molecular flexibility index (Phi) is 2.73. The van der Waals surface area contributed by atoms with Crippen molar-refractivity contribution in [1.29, 1.82) is 0 Å². The summed E-state index contributed by atoms with van der Waals surface area (Å²) in [5, 5.41) is 9.54. The van der Waals surface area contributed by atoms with Crippen molar-refractivity contribution in [2.45, 2.75) is 0 Å². The lowest BCUT2D eigenvalue weighted by atomic mass is 10.0. The van der Waals surface area contributed by atoms with Gasteiger partial charge in [0.1, 0.15) is 5.75 Å². The first-order chi connectivity index (χ1) is 12.2. The van der Waals surface area contributed by atoms with Gasteiger partial charge in [0.25, 0.3) is 0 Å². The van der Waals surface area contributed by atoms with Crippen LogP contribution in [-0.2, 0) is 0 Å². The van der Waals surface area contributed by atoms with Crippen molar-refractivity contribution in [3.63, 3.8) is 0 Å². The molecule has 0 unspecified atom stereocenters. The normalized spacial score (nSPS) is 12.2. The highest BCUT2D eigenvalue weighted by atomic mass is 16.3. The van der Waals surface area contributed by atoms with Crippen LogP contribution in [0.25, 0.3) is 27.8 Å². The zero-order valence-electron chi connectivity index (χ0n) is 13.1. The van der Waals surface area contributed by atoms with Crippen LogP contribution in [0.3, 0.4) is 0 Å². The van der Waals surface area contributed by atoms with E-state index >= 15 is 0 Å². The topological polar surface area (TPSA) is 70.4 Å². The summed E-state index contributed by atoms with van der Waals surface area (Å²) in [6, 6.07) is 18.5. The van der Waals surface area contributed by atoms with Gasteiger partial charge < -0.3 is 10.1 Å². The van der Waals surface area contributed by atoms with E-state index in [-0.39, 0.29) is 11.4 Å². The third kappa shape index (κ3) is 1.96. The van der Waals surface area contributed by atoms with Gasteiger partial charge in [-0.05, 0) is 29.8 Å². The lowest BCUT2D eigenvalue weighted by molar-refractivity contribution is 0.475. The second-order valence-corrected chi connectivity index (χ2v) is 5.99. The number of aliphatic imine (C=N–C) groups is 1. The first-order valence-corrected chi connectivity index (χ1v) is 7.93. The first-order valence-electron chi connectivity index (χ1n) is 7.93. The molecule has 0 atom stereocenters. The predicted molar refractivity (Wildman–Crippen MR) is 98.3 cm³/mol. The summed E-state index contributed by atoms with van der Waals surface area (Å²) in [6.45, 7) is 0. The van der Waals surface area contributed by atoms with Gasteiger partial charge in [0.2, 0.25) is 0 Å². The molecule has 0 amide bonds. The van der Waals surface area contributed by atoms with E-state index in [1.165, 1.54) is 0 Å². The number of aromatic nitrogens is 2. The first kappa shape index (κ1) is 13.8. The van der Waals surface area contributed by atoms with E-state index in [1.807, 2.05) is 48.5 Å². The number of hydrogen-bond donors (Lipinski definition) is 2.